The van der Waals surface area contributed by atoms with Gasteiger partial charge < -0.3 is 14.2 Å². The van der Waals surface area contributed by atoms with Crippen molar-refractivity contribution in [2.24, 2.45) is 0 Å². The first-order valence-electron chi connectivity index (χ1n) is 10.8. The molecule has 0 radical (unpaired) electrons. The van der Waals surface area contributed by atoms with E-state index in [1.54, 1.807) is 12.2 Å². The summed E-state index contributed by atoms with van der Waals surface area (Å²) in [6.07, 6.45) is 4.75. The molecule has 34 heavy (non-hydrogen) atoms. The SMILES string of the molecule is C=CCOc1cc(C(=O)c2cc(OCc3ccccc3)ccc2F)c(F)c2c1OC(C)(C)C=C2. The van der Waals surface area contributed by atoms with Crippen molar-refractivity contribution >= 4 is 11.9 Å². The summed E-state index contributed by atoms with van der Waals surface area (Å²) < 4.78 is 47.4. The maximum Gasteiger partial charge on any atom is 0.199 e. The molecule has 0 saturated heterocycles. The van der Waals surface area contributed by atoms with Crippen LogP contribution in [0.2, 0.25) is 0 Å². The molecule has 0 atom stereocenters. The lowest BCUT2D eigenvalue weighted by Gasteiger charge is -2.29. The number of hydrogen-bond acceptors (Lipinski definition) is 4. The van der Waals surface area contributed by atoms with E-state index in [0.717, 1.165) is 11.6 Å². The number of rotatable bonds is 8. The van der Waals surface area contributed by atoms with Gasteiger partial charge in [-0.25, -0.2) is 8.78 Å². The largest absolute Gasteiger partial charge is 0.489 e. The smallest absolute Gasteiger partial charge is 0.199 e. The molecule has 0 unspecified atom stereocenters. The second kappa shape index (κ2) is 9.51. The Kier molecular flexibility index (Phi) is 6.50. The highest BCUT2D eigenvalue weighted by molar-refractivity contribution is 6.10. The van der Waals surface area contributed by atoms with E-state index in [2.05, 4.69) is 6.58 Å². The van der Waals surface area contributed by atoms with Crippen LogP contribution >= 0.6 is 0 Å². The Labute approximate surface area is 197 Å². The Bertz CT molecular complexity index is 1260. The predicted molar refractivity (Wildman–Crippen MR) is 126 cm³/mol. The first kappa shape index (κ1) is 23.2. The van der Waals surface area contributed by atoms with Gasteiger partial charge in [-0.15, -0.1) is 0 Å². The second-order valence-corrected chi connectivity index (χ2v) is 8.36. The van der Waals surface area contributed by atoms with E-state index >= 15 is 4.39 Å². The standard InChI is InChI=1S/C28H24F2O4/c1-4-14-32-24-16-22(25(30)20-12-13-28(2,3)34-27(20)24)26(31)21-15-19(10-11-23(21)29)33-17-18-8-6-5-7-9-18/h4-13,15-16H,1,14,17H2,2-3H3. The molecule has 0 aromatic heterocycles. The summed E-state index contributed by atoms with van der Waals surface area (Å²) in [7, 11) is 0. The van der Waals surface area contributed by atoms with Crippen molar-refractivity contribution in [2.75, 3.05) is 6.61 Å². The molecule has 0 amide bonds. The quantitative estimate of drug-likeness (QED) is 0.282. The minimum absolute atomic E-state index is 0.0705. The highest BCUT2D eigenvalue weighted by Crippen LogP contribution is 2.42. The van der Waals surface area contributed by atoms with Crippen LogP contribution in [0.25, 0.3) is 6.08 Å². The molecule has 0 saturated carbocycles. The van der Waals surface area contributed by atoms with Crippen molar-refractivity contribution in [3.8, 4) is 17.2 Å². The molecule has 1 aliphatic rings. The first-order chi connectivity index (χ1) is 16.3. The van der Waals surface area contributed by atoms with E-state index in [4.69, 9.17) is 14.2 Å². The molecule has 3 aromatic carbocycles. The minimum Gasteiger partial charge on any atom is -0.489 e. The summed E-state index contributed by atoms with van der Waals surface area (Å²) in [5.41, 5.74) is -0.335. The van der Waals surface area contributed by atoms with Gasteiger partial charge in [-0.3, -0.25) is 4.79 Å². The third-order valence-corrected chi connectivity index (χ3v) is 5.27. The lowest BCUT2D eigenvalue weighted by atomic mass is 9.95. The number of halogens is 2. The Morgan fingerprint density at radius 1 is 1.06 bits per heavy atom. The first-order valence-corrected chi connectivity index (χ1v) is 10.8. The van der Waals surface area contributed by atoms with E-state index in [1.807, 2.05) is 44.2 Å². The van der Waals surface area contributed by atoms with E-state index in [1.165, 1.54) is 24.3 Å². The normalized spacial score (nSPS) is 13.5. The fourth-order valence-corrected chi connectivity index (χ4v) is 3.55. The summed E-state index contributed by atoms with van der Waals surface area (Å²) in [5.74, 6) is -1.77. The molecule has 4 nitrogen and oxygen atoms in total. The van der Waals surface area contributed by atoms with Crippen LogP contribution in [0.1, 0.15) is 40.9 Å². The zero-order valence-corrected chi connectivity index (χ0v) is 18.9. The summed E-state index contributed by atoms with van der Waals surface area (Å²) in [5, 5.41) is 0. The third-order valence-electron chi connectivity index (χ3n) is 5.27. The Morgan fingerprint density at radius 2 is 1.82 bits per heavy atom. The molecule has 1 heterocycles. The van der Waals surface area contributed by atoms with Crippen molar-refractivity contribution < 1.29 is 27.8 Å². The molecule has 4 rings (SSSR count). The maximum absolute atomic E-state index is 15.5. The number of benzene rings is 3. The van der Waals surface area contributed by atoms with Crippen molar-refractivity contribution in [1.29, 1.82) is 0 Å². The second-order valence-electron chi connectivity index (χ2n) is 8.36. The van der Waals surface area contributed by atoms with E-state index < -0.39 is 23.0 Å². The van der Waals surface area contributed by atoms with Crippen LogP contribution in [-0.2, 0) is 6.61 Å². The molecule has 0 fully saturated rings. The van der Waals surface area contributed by atoms with E-state index in [0.29, 0.717) is 5.75 Å². The highest BCUT2D eigenvalue weighted by Gasteiger charge is 2.31. The van der Waals surface area contributed by atoms with Crippen LogP contribution in [-0.4, -0.2) is 18.0 Å². The number of ketones is 1. The molecular formula is C28H24F2O4. The van der Waals surface area contributed by atoms with Gasteiger partial charge in [0, 0.05) is 0 Å². The molecule has 0 aliphatic carbocycles. The zero-order valence-electron chi connectivity index (χ0n) is 18.9. The number of hydrogen-bond donors (Lipinski definition) is 0. The van der Waals surface area contributed by atoms with Gasteiger partial charge in [-0.2, -0.15) is 0 Å². The van der Waals surface area contributed by atoms with Crippen LogP contribution < -0.4 is 14.2 Å². The minimum atomic E-state index is -0.829. The van der Waals surface area contributed by atoms with Crippen molar-refractivity contribution in [3.63, 3.8) is 0 Å². The Hall–Kier alpha value is -3.93. The average Bonchev–Trinajstić information content (AvgIpc) is 2.83. The number of carbonyl (C=O) groups excluding carboxylic acids is 1. The van der Waals surface area contributed by atoms with Crippen LogP contribution in [0.15, 0.2) is 73.3 Å². The molecule has 0 N–H and O–H groups in total. The zero-order chi connectivity index (χ0) is 24.3. The van der Waals surface area contributed by atoms with Gasteiger partial charge in [0.2, 0.25) is 0 Å². The van der Waals surface area contributed by atoms with Crippen LogP contribution in [0.5, 0.6) is 17.2 Å². The number of carbonyl (C=O) groups is 1. The summed E-state index contributed by atoms with van der Waals surface area (Å²) >= 11 is 0. The van der Waals surface area contributed by atoms with Gasteiger partial charge in [-0.05, 0) is 55.8 Å². The summed E-state index contributed by atoms with van der Waals surface area (Å²) in [6, 6.07) is 14.5. The molecule has 174 valence electrons. The molecular weight excluding hydrogens is 438 g/mol. The third kappa shape index (κ3) is 4.86. The highest BCUT2D eigenvalue weighted by atomic mass is 19.1. The lowest BCUT2D eigenvalue weighted by Crippen LogP contribution is -2.28. The van der Waals surface area contributed by atoms with Gasteiger partial charge >= 0.3 is 0 Å². The topological polar surface area (TPSA) is 44.8 Å². The Morgan fingerprint density at radius 3 is 2.56 bits per heavy atom. The monoisotopic (exact) mass is 462 g/mol. The molecule has 1 aliphatic heterocycles. The molecule has 6 heteroatoms. The number of fused-ring (bicyclic) bond motifs is 1. The van der Waals surface area contributed by atoms with Crippen molar-refractivity contribution in [1.82, 2.24) is 0 Å². The van der Waals surface area contributed by atoms with Gasteiger partial charge in [0.15, 0.2) is 17.3 Å². The van der Waals surface area contributed by atoms with E-state index in [9.17, 15) is 9.18 Å². The van der Waals surface area contributed by atoms with Crippen LogP contribution in [0.3, 0.4) is 0 Å². The van der Waals surface area contributed by atoms with Crippen LogP contribution in [0.4, 0.5) is 8.78 Å². The van der Waals surface area contributed by atoms with Gasteiger partial charge in [0.1, 0.15) is 36.2 Å². The molecule has 0 bridgehead atoms. The van der Waals surface area contributed by atoms with Gasteiger partial charge in [0.05, 0.1) is 16.7 Å². The molecule has 3 aromatic rings. The van der Waals surface area contributed by atoms with Crippen molar-refractivity contribution in [3.05, 3.63) is 107 Å². The summed E-state index contributed by atoms with van der Waals surface area (Å²) in [6.45, 7) is 7.61. The maximum atomic E-state index is 15.5. The van der Waals surface area contributed by atoms with Crippen molar-refractivity contribution in [2.45, 2.75) is 26.1 Å². The molecule has 0 spiro atoms. The van der Waals surface area contributed by atoms with E-state index in [-0.39, 0.29) is 41.4 Å². The summed E-state index contributed by atoms with van der Waals surface area (Å²) in [4.78, 5) is 13.3. The lowest BCUT2D eigenvalue weighted by molar-refractivity contribution is 0.102. The van der Waals surface area contributed by atoms with Gasteiger partial charge in [-0.1, -0.05) is 43.0 Å². The fraction of sp³-hybridized carbons (Fsp3) is 0.179. The predicted octanol–water partition coefficient (Wildman–Crippen LogP) is 6.52. The fourth-order valence-electron chi connectivity index (χ4n) is 3.55. The Balaban J connectivity index is 1.70. The average molecular weight is 462 g/mol. The van der Waals surface area contributed by atoms with Crippen LogP contribution in [0, 0.1) is 11.6 Å². The van der Waals surface area contributed by atoms with Gasteiger partial charge in [0.25, 0.3) is 0 Å². The number of ether oxygens (including phenoxy) is 3.